The Labute approximate surface area is 102 Å². The molecule has 0 aromatic heterocycles. The molecule has 1 radical (unpaired) electrons. The molecule has 0 fully saturated rings. The summed E-state index contributed by atoms with van der Waals surface area (Å²) in [5.74, 6) is 3.50. The molecule has 1 nitrogen and oxygen atoms in total. The minimum absolute atomic E-state index is 0.764. The summed E-state index contributed by atoms with van der Waals surface area (Å²) in [4.78, 5) is 0. The van der Waals surface area contributed by atoms with E-state index < -0.39 is 0 Å². The van der Waals surface area contributed by atoms with Crippen LogP contribution in [0.25, 0.3) is 11.1 Å². The molecule has 0 N–H and O–H groups in total. The van der Waals surface area contributed by atoms with Gasteiger partial charge in [0.25, 0.3) is 0 Å². The molecule has 0 bridgehead atoms. The molecule has 0 aliphatic heterocycles. The van der Waals surface area contributed by atoms with Crippen LogP contribution in [0.2, 0.25) is 0 Å². The second-order valence-electron chi connectivity index (χ2n) is 3.76. The van der Waals surface area contributed by atoms with E-state index in [0.29, 0.717) is 0 Å². The fraction of sp³-hybridized carbons (Fsp3) is 0.125. The van der Waals surface area contributed by atoms with Crippen molar-refractivity contribution in [3.05, 3.63) is 53.6 Å². The van der Waals surface area contributed by atoms with Crippen molar-refractivity contribution in [2.45, 2.75) is 6.92 Å². The molecule has 0 saturated carbocycles. The second-order valence-corrected chi connectivity index (χ2v) is 3.76. The highest BCUT2D eigenvalue weighted by Crippen LogP contribution is 2.34. The first-order valence-electron chi connectivity index (χ1n) is 5.39. The monoisotopic (exact) mass is 221 g/mol. The van der Waals surface area contributed by atoms with Gasteiger partial charge in [-0.3, -0.25) is 0 Å². The van der Waals surface area contributed by atoms with Crippen LogP contribution < -0.4 is 4.74 Å². The summed E-state index contributed by atoms with van der Waals surface area (Å²) in [5.41, 5.74) is 3.94. The molecule has 0 spiro atoms. The Balaban J connectivity index is 2.73. The molecule has 0 heterocycles. The molecule has 0 aliphatic carbocycles. The van der Waals surface area contributed by atoms with E-state index in [9.17, 15) is 0 Å². The number of rotatable bonds is 2. The first-order valence-corrected chi connectivity index (χ1v) is 5.39. The Morgan fingerprint density at radius 2 is 2.06 bits per heavy atom. The maximum Gasteiger partial charge on any atom is 0.126 e. The fourth-order valence-corrected chi connectivity index (χ4v) is 1.92. The van der Waals surface area contributed by atoms with E-state index >= 15 is 0 Å². The summed E-state index contributed by atoms with van der Waals surface area (Å²) in [6.07, 6.45) is 5.51. The number of benzene rings is 2. The molecular weight excluding hydrogens is 208 g/mol. The van der Waals surface area contributed by atoms with Crippen molar-refractivity contribution in [1.82, 2.24) is 0 Å². The Bertz CT molecular complexity index is 576. The van der Waals surface area contributed by atoms with Crippen molar-refractivity contribution in [2.75, 3.05) is 7.11 Å². The Hall–Kier alpha value is -2.20. The minimum atomic E-state index is 0.764. The van der Waals surface area contributed by atoms with E-state index in [2.05, 4.69) is 12.0 Å². The Kier molecular flexibility index (Phi) is 3.16. The van der Waals surface area contributed by atoms with Gasteiger partial charge in [-0.2, -0.15) is 0 Å². The normalized spacial score (nSPS) is 9.71. The van der Waals surface area contributed by atoms with Crippen LogP contribution in [0.3, 0.4) is 0 Å². The van der Waals surface area contributed by atoms with E-state index in [-0.39, 0.29) is 0 Å². The van der Waals surface area contributed by atoms with Crippen LogP contribution in [0.15, 0.2) is 36.4 Å². The van der Waals surface area contributed by atoms with Crippen LogP contribution in [0.1, 0.15) is 11.1 Å². The standard InChI is InChI=1S/C16H13O/c1-4-13-9-5-6-10-14(13)16-12(2)8-7-11-15(16)17-3/h1,5-8,10-11H,2-3H3. The Morgan fingerprint density at radius 1 is 1.24 bits per heavy atom. The van der Waals surface area contributed by atoms with Gasteiger partial charge in [0.05, 0.1) is 7.11 Å². The summed E-state index contributed by atoms with van der Waals surface area (Å²) >= 11 is 0. The first kappa shape index (κ1) is 11.3. The first-order chi connectivity index (χ1) is 8.27. The van der Waals surface area contributed by atoms with Gasteiger partial charge >= 0.3 is 0 Å². The molecule has 2 aromatic rings. The van der Waals surface area contributed by atoms with Crippen molar-refractivity contribution in [3.8, 4) is 29.2 Å². The quantitative estimate of drug-likeness (QED) is 0.706. The topological polar surface area (TPSA) is 9.23 Å². The predicted octanol–water partition coefficient (Wildman–Crippen LogP) is 3.45. The number of hydrogen-bond acceptors (Lipinski definition) is 1. The molecule has 1 heteroatoms. The number of aryl methyl sites for hydroxylation is 1. The smallest absolute Gasteiger partial charge is 0.126 e. The molecule has 17 heavy (non-hydrogen) atoms. The summed E-state index contributed by atoms with van der Waals surface area (Å²) in [7, 11) is 1.67. The van der Waals surface area contributed by atoms with E-state index in [1.807, 2.05) is 43.3 Å². The van der Waals surface area contributed by atoms with Gasteiger partial charge in [-0.05, 0) is 24.6 Å². The van der Waals surface area contributed by atoms with Crippen LogP contribution in [0, 0.1) is 25.3 Å². The third-order valence-electron chi connectivity index (χ3n) is 2.72. The summed E-state index contributed by atoms with van der Waals surface area (Å²) in [6.45, 7) is 2.05. The van der Waals surface area contributed by atoms with Crippen molar-refractivity contribution in [1.29, 1.82) is 0 Å². The predicted molar refractivity (Wildman–Crippen MR) is 69.9 cm³/mol. The van der Waals surface area contributed by atoms with E-state index in [1.165, 1.54) is 0 Å². The maximum atomic E-state index is 5.51. The van der Waals surface area contributed by atoms with Gasteiger partial charge in [0.15, 0.2) is 0 Å². The van der Waals surface area contributed by atoms with Crippen LogP contribution in [-0.2, 0) is 0 Å². The molecule has 0 unspecified atom stereocenters. The largest absolute Gasteiger partial charge is 0.496 e. The lowest BCUT2D eigenvalue weighted by molar-refractivity contribution is 0.416. The molecule has 0 aliphatic rings. The average Bonchev–Trinajstić information content (AvgIpc) is 2.38. The van der Waals surface area contributed by atoms with Crippen LogP contribution in [0.4, 0.5) is 0 Å². The molecule has 2 aromatic carbocycles. The Morgan fingerprint density at radius 3 is 2.76 bits per heavy atom. The zero-order chi connectivity index (χ0) is 12.3. The van der Waals surface area contributed by atoms with Crippen LogP contribution >= 0.6 is 0 Å². The van der Waals surface area contributed by atoms with E-state index in [4.69, 9.17) is 11.2 Å². The maximum absolute atomic E-state index is 5.51. The van der Waals surface area contributed by atoms with Crippen molar-refractivity contribution in [2.24, 2.45) is 0 Å². The van der Waals surface area contributed by atoms with Gasteiger partial charge in [-0.1, -0.05) is 36.3 Å². The van der Waals surface area contributed by atoms with Gasteiger partial charge in [-0.25, -0.2) is 0 Å². The SMILES string of the molecule is C#Cc1[c]cccc1-c1c(C)cccc1OC. The highest BCUT2D eigenvalue weighted by molar-refractivity contribution is 5.78. The molecule has 2 rings (SSSR count). The lowest BCUT2D eigenvalue weighted by Gasteiger charge is -2.13. The van der Waals surface area contributed by atoms with Crippen molar-refractivity contribution < 1.29 is 4.74 Å². The zero-order valence-electron chi connectivity index (χ0n) is 9.95. The zero-order valence-corrected chi connectivity index (χ0v) is 9.95. The average molecular weight is 221 g/mol. The lowest BCUT2D eigenvalue weighted by Crippen LogP contribution is -1.93. The minimum Gasteiger partial charge on any atom is -0.496 e. The van der Waals surface area contributed by atoms with Crippen LogP contribution in [-0.4, -0.2) is 7.11 Å². The van der Waals surface area contributed by atoms with E-state index in [0.717, 1.165) is 28.0 Å². The summed E-state index contributed by atoms with van der Waals surface area (Å²) < 4.78 is 5.40. The second kappa shape index (κ2) is 4.76. The molecule has 0 amide bonds. The van der Waals surface area contributed by atoms with Crippen molar-refractivity contribution in [3.63, 3.8) is 0 Å². The number of hydrogen-bond donors (Lipinski definition) is 0. The van der Waals surface area contributed by atoms with Gasteiger partial charge < -0.3 is 4.74 Å². The summed E-state index contributed by atoms with van der Waals surface area (Å²) in [5, 5.41) is 0. The summed E-state index contributed by atoms with van der Waals surface area (Å²) in [6, 6.07) is 14.8. The molecule has 0 atom stereocenters. The molecule has 83 valence electrons. The third kappa shape index (κ3) is 2.03. The van der Waals surface area contributed by atoms with Gasteiger partial charge in [-0.15, -0.1) is 6.42 Å². The number of methoxy groups -OCH3 is 1. The van der Waals surface area contributed by atoms with Gasteiger partial charge in [0.2, 0.25) is 0 Å². The number of terminal acetylenes is 1. The van der Waals surface area contributed by atoms with Crippen molar-refractivity contribution >= 4 is 0 Å². The third-order valence-corrected chi connectivity index (χ3v) is 2.72. The van der Waals surface area contributed by atoms with Crippen LogP contribution in [0.5, 0.6) is 5.75 Å². The van der Waals surface area contributed by atoms with E-state index in [1.54, 1.807) is 7.11 Å². The van der Waals surface area contributed by atoms with Gasteiger partial charge in [0, 0.05) is 16.7 Å². The lowest BCUT2D eigenvalue weighted by atomic mass is 9.95. The highest BCUT2D eigenvalue weighted by Gasteiger charge is 2.11. The highest BCUT2D eigenvalue weighted by atomic mass is 16.5. The number of ether oxygens (including phenoxy) is 1. The fourth-order valence-electron chi connectivity index (χ4n) is 1.92. The molecular formula is C16H13O. The molecule has 0 saturated heterocycles. The van der Waals surface area contributed by atoms with Gasteiger partial charge in [0.1, 0.15) is 5.75 Å².